The van der Waals surface area contributed by atoms with E-state index in [4.69, 9.17) is 28.1 Å². The molecule has 3 heterocycles. The maximum atomic E-state index is 14.3. The van der Waals surface area contributed by atoms with Gasteiger partial charge in [-0.2, -0.15) is 0 Å². The molecule has 2 aliphatic heterocycles. The number of fused-ring (bicyclic) bond motifs is 5. The summed E-state index contributed by atoms with van der Waals surface area (Å²) in [6, 6.07) is 4.77. The summed E-state index contributed by atoms with van der Waals surface area (Å²) in [7, 11) is 0. The first kappa shape index (κ1) is 32.1. The minimum Gasteiger partial charge on any atom is -0.490 e. The van der Waals surface area contributed by atoms with E-state index >= 15 is 0 Å². The average Bonchev–Trinajstić information content (AvgIpc) is 3.42. The van der Waals surface area contributed by atoms with Crippen LogP contribution in [0.2, 0.25) is 0 Å². The van der Waals surface area contributed by atoms with Gasteiger partial charge in [0.15, 0.2) is 6.10 Å². The van der Waals surface area contributed by atoms with Gasteiger partial charge in [-0.1, -0.05) is 27.7 Å². The van der Waals surface area contributed by atoms with Crippen LogP contribution in [-0.2, 0) is 38.1 Å². The van der Waals surface area contributed by atoms with Gasteiger partial charge >= 0.3 is 29.5 Å². The van der Waals surface area contributed by atoms with Crippen LogP contribution in [0.4, 0.5) is 0 Å². The average molecular weight is 639 g/mol. The summed E-state index contributed by atoms with van der Waals surface area (Å²) < 4.78 is 35.5. The molecule has 0 N–H and O–H groups in total. The zero-order chi connectivity index (χ0) is 33.8. The summed E-state index contributed by atoms with van der Waals surface area (Å²) in [5.74, 6) is -2.27. The van der Waals surface area contributed by atoms with E-state index in [0.717, 1.165) is 0 Å². The van der Waals surface area contributed by atoms with Crippen molar-refractivity contribution < 1.29 is 47.3 Å². The predicted octanol–water partition coefficient (Wildman–Crippen LogP) is 5.26. The van der Waals surface area contributed by atoms with E-state index in [9.17, 15) is 24.0 Å². The zero-order valence-electron chi connectivity index (χ0n) is 27.9. The van der Waals surface area contributed by atoms with E-state index in [2.05, 4.69) is 0 Å². The Morgan fingerprint density at radius 3 is 1.85 bits per heavy atom. The fourth-order valence-corrected chi connectivity index (χ4v) is 8.12. The summed E-state index contributed by atoms with van der Waals surface area (Å²) >= 11 is 0. The van der Waals surface area contributed by atoms with E-state index in [1.165, 1.54) is 6.07 Å². The fourth-order valence-electron chi connectivity index (χ4n) is 8.12. The number of carbonyl (C=O) groups is 4. The standard InChI is InChI=1S/C35H42O11/c1-18(2)42-21-11-10-20-19(3)16-23(36)44-25(20)24(21)22(43-29(40)35-15-13-33(9,27(38)46-35)31(35,6)7)17-41-28(39)34-14-12-32(8,26(37)45-34)30(34,4)5/h10-11,16,18,22H,12-15,17H2,1-9H3/t22-,32?,33?,34?,35?/m0/s1. The molecular weight excluding hydrogens is 596 g/mol. The molecule has 4 fully saturated rings. The number of esters is 4. The molecule has 2 saturated heterocycles. The highest BCUT2D eigenvalue weighted by Crippen LogP contribution is 2.67. The second-order valence-electron chi connectivity index (χ2n) is 15.1. The maximum absolute atomic E-state index is 14.3. The summed E-state index contributed by atoms with van der Waals surface area (Å²) in [5, 5.41) is 0.563. The molecule has 0 spiro atoms. The lowest BCUT2D eigenvalue weighted by Crippen LogP contribution is -2.50. The maximum Gasteiger partial charge on any atom is 0.351 e. The monoisotopic (exact) mass is 638 g/mol. The molecular formula is C35H42O11. The Bertz CT molecular complexity index is 1750. The summed E-state index contributed by atoms with van der Waals surface area (Å²) in [6.45, 7) is 15.7. The van der Waals surface area contributed by atoms with Crippen LogP contribution >= 0.6 is 0 Å². The van der Waals surface area contributed by atoms with Gasteiger partial charge in [0.2, 0.25) is 11.2 Å². The van der Waals surface area contributed by atoms with Gasteiger partial charge in [0.05, 0.1) is 22.5 Å². The first-order valence-corrected chi connectivity index (χ1v) is 15.9. The van der Waals surface area contributed by atoms with Crippen LogP contribution in [0.25, 0.3) is 11.0 Å². The molecule has 1 aromatic heterocycles. The Kier molecular flexibility index (Phi) is 6.84. The van der Waals surface area contributed by atoms with E-state index in [-0.39, 0.29) is 35.8 Å². The number of hydrogen-bond donors (Lipinski definition) is 0. The number of hydrogen-bond acceptors (Lipinski definition) is 11. The van der Waals surface area contributed by atoms with Crippen molar-refractivity contribution in [1.29, 1.82) is 0 Å². The van der Waals surface area contributed by atoms with Crippen LogP contribution in [0, 0.1) is 28.6 Å². The first-order chi connectivity index (χ1) is 21.3. The number of ether oxygens (including phenoxy) is 5. The Labute approximate surface area is 267 Å². The number of aryl methyl sites for hydroxylation is 1. The molecule has 11 heteroatoms. The number of rotatable bonds is 8. The van der Waals surface area contributed by atoms with Crippen molar-refractivity contribution in [3.8, 4) is 5.75 Å². The molecule has 248 valence electrons. The Hall–Kier alpha value is -3.89. The second-order valence-corrected chi connectivity index (χ2v) is 15.1. The van der Waals surface area contributed by atoms with Crippen LogP contribution in [0.15, 0.2) is 27.4 Å². The molecule has 2 aromatic rings. The van der Waals surface area contributed by atoms with Crippen LogP contribution in [-0.4, -0.2) is 47.8 Å². The lowest BCUT2D eigenvalue weighted by atomic mass is 9.66. The Morgan fingerprint density at radius 1 is 0.826 bits per heavy atom. The third kappa shape index (κ3) is 3.86. The quantitative estimate of drug-likeness (QED) is 0.212. The molecule has 4 aliphatic rings. The third-order valence-corrected chi connectivity index (χ3v) is 12.2. The summed E-state index contributed by atoms with van der Waals surface area (Å²) in [4.78, 5) is 66.8. The van der Waals surface area contributed by atoms with Crippen molar-refractivity contribution in [2.45, 2.75) is 111 Å². The van der Waals surface area contributed by atoms with E-state index in [0.29, 0.717) is 23.8 Å². The van der Waals surface area contributed by atoms with Gasteiger partial charge in [0.25, 0.3) is 0 Å². The van der Waals surface area contributed by atoms with E-state index in [1.54, 1.807) is 32.9 Å². The van der Waals surface area contributed by atoms with Crippen molar-refractivity contribution in [2.75, 3.05) is 6.61 Å². The van der Waals surface area contributed by atoms with Gasteiger partial charge in [0, 0.05) is 22.3 Å². The lowest BCUT2D eigenvalue weighted by molar-refractivity contribution is -0.195. The summed E-state index contributed by atoms with van der Waals surface area (Å²) in [5.41, 5.74) is -6.38. The Balaban J connectivity index is 1.44. The minimum atomic E-state index is -1.59. The largest absolute Gasteiger partial charge is 0.490 e. The van der Waals surface area contributed by atoms with Gasteiger partial charge in [-0.25, -0.2) is 14.4 Å². The molecule has 4 bridgehead atoms. The molecule has 11 nitrogen and oxygen atoms in total. The van der Waals surface area contributed by atoms with Crippen molar-refractivity contribution >= 4 is 34.8 Å². The van der Waals surface area contributed by atoms with Gasteiger partial charge in [-0.15, -0.1) is 0 Å². The predicted molar refractivity (Wildman–Crippen MR) is 163 cm³/mol. The highest BCUT2D eigenvalue weighted by molar-refractivity contribution is 5.95. The molecule has 46 heavy (non-hydrogen) atoms. The van der Waals surface area contributed by atoms with Gasteiger partial charge in [-0.3, -0.25) is 9.59 Å². The zero-order valence-corrected chi connectivity index (χ0v) is 27.9. The molecule has 0 radical (unpaired) electrons. The van der Waals surface area contributed by atoms with Gasteiger partial charge in [-0.05, 0) is 78.0 Å². The molecule has 6 rings (SSSR count). The molecule has 1 aromatic carbocycles. The van der Waals surface area contributed by atoms with Crippen LogP contribution in [0.5, 0.6) is 5.75 Å². The number of carbonyl (C=O) groups excluding carboxylic acids is 4. The van der Waals surface area contributed by atoms with Crippen molar-refractivity contribution in [2.24, 2.45) is 21.7 Å². The molecule has 0 amide bonds. The molecule has 4 unspecified atom stereocenters. The van der Waals surface area contributed by atoms with Crippen molar-refractivity contribution in [3.05, 3.63) is 39.7 Å². The molecule has 5 atom stereocenters. The first-order valence-electron chi connectivity index (χ1n) is 15.9. The number of benzene rings is 1. The second kappa shape index (κ2) is 9.81. The third-order valence-electron chi connectivity index (χ3n) is 12.2. The smallest absolute Gasteiger partial charge is 0.351 e. The highest BCUT2D eigenvalue weighted by Gasteiger charge is 2.78. The fraction of sp³-hybridized carbons (Fsp3) is 0.629. The topological polar surface area (TPSA) is 145 Å². The Morgan fingerprint density at radius 2 is 1.37 bits per heavy atom. The van der Waals surface area contributed by atoms with Gasteiger partial charge in [0.1, 0.15) is 17.9 Å². The SMILES string of the molecule is Cc1cc(=O)oc2c([C@H](COC(=O)C34CCC(C)(C(=O)O3)C4(C)C)OC(=O)C34CCC(C)(C(=O)O3)C4(C)C)c(OC(C)C)ccc12. The van der Waals surface area contributed by atoms with E-state index in [1.807, 2.05) is 41.5 Å². The lowest BCUT2D eigenvalue weighted by Gasteiger charge is -2.36. The highest BCUT2D eigenvalue weighted by atomic mass is 16.6. The van der Waals surface area contributed by atoms with Crippen molar-refractivity contribution in [3.63, 3.8) is 0 Å². The molecule has 2 saturated carbocycles. The van der Waals surface area contributed by atoms with Gasteiger partial charge < -0.3 is 28.1 Å². The normalized spacial score (nSPS) is 32.4. The van der Waals surface area contributed by atoms with Crippen LogP contribution in [0.3, 0.4) is 0 Å². The van der Waals surface area contributed by atoms with E-state index < -0.39 is 75.1 Å². The summed E-state index contributed by atoms with van der Waals surface area (Å²) in [6.07, 6.45) is -0.281. The van der Waals surface area contributed by atoms with Crippen LogP contribution in [0.1, 0.15) is 98.3 Å². The van der Waals surface area contributed by atoms with Crippen LogP contribution < -0.4 is 10.4 Å². The molecule has 2 aliphatic carbocycles. The minimum absolute atomic E-state index is 0.104. The van der Waals surface area contributed by atoms with Crippen molar-refractivity contribution in [1.82, 2.24) is 0 Å².